The molecule has 0 spiro atoms. The van der Waals surface area contributed by atoms with Gasteiger partial charge in [-0.1, -0.05) is 6.07 Å². The van der Waals surface area contributed by atoms with E-state index < -0.39 is 11.7 Å². The molecule has 0 saturated carbocycles. The Hall–Kier alpha value is -3.35. The van der Waals surface area contributed by atoms with Gasteiger partial charge in [-0.05, 0) is 59.4 Å². The van der Waals surface area contributed by atoms with Crippen molar-refractivity contribution in [3.8, 4) is 28.4 Å². The molecule has 0 saturated heterocycles. The summed E-state index contributed by atoms with van der Waals surface area (Å²) in [6.07, 6.45) is 0.860. The standard InChI is InChI=1S/C22H23NO6/c1-12(24)22(26)23-15-7-13-9-18(25)19(27-2)6-5-16(13)17-11-21(29-4)20(28-3)10-14(17)8-15/h5-6,9-11,15H,7-8H2,1-4H3,(H,23,26)/t15-/m1/s1. The zero-order chi connectivity index (χ0) is 21.1. The average molecular weight is 397 g/mol. The van der Waals surface area contributed by atoms with Crippen LogP contribution in [0.5, 0.6) is 17.2 Å². The van der Waals surface area contributed by atoms with Crippen molar-refractivity contribution >= 4 is 11.7 Å². The molecule has 7 heteroatoms. The van der Waals surface area contributed by atoms with Gasteiger partial charge in [0.2, 0.25) is 11.2 Å². The molecule has 1 aliphatic carbocycles. The Balaban J connectivity index is 2.24. The molecule has 0 bridgehead atoms. The fourth-order valence-corrected chi connectivity index (χ4v) is 3.59. The zero-order valence-corrected chi connectivity index (χ0v) is 16.8. The smallest absolute Gasteiger partial charge is 0.287 e. The maximum atomic E-state index is 12.5. The normalized spacial score (nSPS) is 14.7. The number of nitrogens with one attached hydrogen (secondary N) is 1. The molecule has 0 heterocycles. The van der Waals surface area contributed by atoms with E-state index in [1.165, 1.54) is 20.1 Å². The van der Waals surface area contributed by atoms with Crippen molar-refractivity contribution in [1.82, 2.24) is 5.32 Å². The third kappa shape index (κ3) is 4.08. The van der Waals surface area contributed by atoms with Gasteiger partial charge in [-0.25, -0.2) is 0 Å². The summed E-state index contributed by atoms with van der Waals surface area (Å²) in [5, 5.41) is 2.77. The molecule has 1 atom stereocenters. The minimum Gasteiger partial charge on any atom is -0.493 e. The Morgan fingerprint density at radius 3 is 2.03 bits per heavy atom. The van der Waals surface area contributed by atoms with Crippen LogP contribution in [-0.2, 0) is 22.4 Å². The molecule has 3 rings (SSSR count). The van der Waals surface area contributed by atoms with Gasteiger partial charge in [0.25, 0.3) is 5.91 Å². The lowest BCUT2D eigenvalue weighted by Crippen LogP contribution is -2.40. The molecular formula is C22H23NO6. The van der Waals surface area contributed by atoms with Crippen LogP contribution in [0.25, 0.3) is 11.1 Å². The third-order valence-corrected chi connectivity index (χ3v) is 5.00. The van der Waals surface area contributed by atoms with Crippen LogP contribution in [0.3, 0.4) is 0 Å². The molecule has 0 aromatic heterocycles. The monoisotopic (exact) mass is 397 g/mol. The number of ether oxygens (including phenoxy) is 3. The van der Waals surface area contributed by atoms with Gasteiger partial charge in [0.1, 0.15) is 0 Å². The fourth-order valence-electron chi connectivity index (χ4n) is 3.59. The van der Waals surface area contributed by atoms with Crippen LogP contribution in [0.4, 0.5) is 0 Å². The highest BCUT2D eigenvalue weighted by Gasteiger charge is 2.25. The molecule has 0 fully saturated rings. The number of carbonyl (C=O) groups excluding carboxylic acids is 2. The van der Waals surface area contributed by atoms with Crippen LogP contribution < -0.4 is 25.0 Å². The first-order valence-corrected chi connectivity index (χ1v) is 9.15. The van der Waals surface area contributed by atoms with Crippen LogP contribution in [0.1, 0.15) is 18.1 Å². The first kappa shape index (κ1) is 20.4. The lowest BCUT2D eigenvalue weighted by Gasteiger charge is -2.17. The number of ketones is 1. The van der Waals surface area contributed by atoms with Gasteiger partial charge < -0.3 is 19.5 Å². The molecule has 1 N–H and O–H groups in total. The molecule has 0 unspecified atom stereocenters. The minimum absolute atomic E-state index is 0.226. The summed E-state index contributed by atoms with van der Waals surface area (Å²) in [6, 6.07) is 8.34. The average Bonchev–Trinajstić information content (AvgIpc) is 2.93. The van der Waals surface area contributed by atoms with Crippen LogP contribution in [0, 0.1) is 0 Å². The SMILES string of the molecule is COc1cc2c(cc1OC)-c1ccc(OC)c(=O)cc1C[C@@H](NC(=O)C(C)=O)C2. The molecule has 7 nitrogen and oxygen atoms in total. The van der Waals surface area contributed by atoms with Crippen molar-refractivity contribution in [3.05, 3.63) is 51.7 Å². The van der Waals surface area contributed by atoms with Crippen molar-refractivity contribution < 1.29 is 23.8 Å². The first-order valence-electron chi connectivity index (χ1n) is 9.15. The minimum atomic E-state index is -0.652. The molecule has 1 amide bonds. The second-order valence-electron chi connectivity index (χ2n) is 6.85. The van der Waals surface area contributed by atoms with E-state index in [0.717, 1.165) is 22.3 Å². The van der Waals surface area contributed by atoms with E-state index in [2.05, 4.69) is 5.32 Å². The van der Waals surface area contributed by atoms with Crippen molar-refractivity contribution in [1.29, 1.82) is 0 Å². The first-order chi connectivity index (χ1) is 13.9. The summed E-state index contributed by atoms with van der Waals surface area (Å²) in [7, 11) is 4.56. The van der Waals surface area contributed by atoms with Gasteiger partial charge in [0.15, 0.2) is 17.2 Å². The van der Waals surface area contributed by atoms with E-state index in [1.807, 2.05) is 18.2 Å². The van der Waals surface area contributed by atoms with Crippen LogP contribution in [0.15, 0.2) is 35.1 Å². The van der Waals surface area contributed by atoms with E-state index in [-0.39, 0.29) is 17.2 Å². The Morgan fingerprint density at radius 2 is 1.45 bits per heavy atom. The summed E-state index contributed by atoms with van der Waals surface area (Å²) in [5.41, 5.74) is 3.11. The van der Waals surface area contributed by atoms with E-state index in [1.54, 1.807) is 20.3 Å². The van der Waals surface area contributed by atoms with Gasteiger partial charge in [-0.2, -0.15) is 0 Å². The Morgan fingerprint density at radius 1 is 0.862 bits per heavy atom. The van der Waals surface area contributed by atoms with E-state index in [9.17, 15) is 14.4 Å². The number of carbonyl (C=O) groups is 2. The summed E-state index contributed by atoms with van der Waals surface area (Å²) in [5.74, 6) is 0.134. The van der Waals surface area contributed by atoms with Crippen molar-refractivity contribution in [2.24, 2.45) is 0 Å². The van der Waals surface area contributed by atoms with Crippen molar-refractivity contribution in [2.45, 2.75) is 25.8 Å². The number of hydrogen-bond acceptors (Lipinski definition) is 6. The quantitative estimate of drug-likeness (QED) is 0.775. The van der Waals surface area contributed by atoms with E-state index in [0.29, 0.717) is 24.3 Å². The lowest BCUT2D eigenvalue weighted by atomic mass is 9.97. The zero-order valence-electron chi connectivity index (χ0n) is 16.8. The summed E-state index contributed by atoms with van der Waals surface area (Å²) in [6.45, 7) is 1.22. The molecule has 152 valence electrons. The molecular weight excluding hydrogens is 374 g/mol. The summed E-state index contributed by atoms with van der Waals surface area (Å²) < 4.78 is 16.0. The van der Waals surface area contributed by atoms with Crippen molar-refractivity contribution in [2.75, 3.05) is 21.3 Å². The maximum Gasteiger partial charge on any atom is 0.287 e. The van der Waals surface area contributed by atoms with E-state index in [4.69, 9.17) is 14.2 Å². The molecule has 29 heavy (non-hydrogen) atoms. The highest BCUT2D eigenvalue weighted by molar-refractivity contribution is 6.35. The fraction of sp³-hybridized carbons (Fsp3) is 0.318. The van der Waals surface area contributed by atoms with Crippen molar-refractivity contribution in [3.63, 3.8) is 0 Å². The second kappa shape index (κ2) is 8.34. The number of fused-ring (bicyclic) bond motifs is 3. The molecule has 0 aliphatic heterocycles. The number of Topliss-reactive ketones (excluding diaryl/α,β-unsaturated/α-hetero) is 1. The number of hydrogen-bond donors (Lipinski definition) is 1. The number of amides is 1. The van der Waals surface area contributed by atoms with Gasteiger partial charge in [0, 0.05) is 13.0 Å². The second-order valence-corrected chi connectivity index (χ2v) is 6.85. The number of benzene rings is 1. The van der Waals surface area contributed by atoms with Gasteiger partial charge in [0.05, 0.1) is 21.3 Å². The Bertz CT molecular complexity index is 1030. The summed E-state index contributed by atoms with van der Waals surface area (Å²) in [4.78, 5) is 36.0. The number of rotatable bonds is 5. The lowest BCUT2D eigenvalue weighted by molar-refractivity contribution is -0.137. The molecule has 2 aromatic rings. The van der Waals surface area contributed by atoms with Gasteiger partial charge in [-0.3, -0.25) is 14.4 Å². The highest BCUT2D eigenvalue weighted by Crippen LogP contribution is 2.39. The highest BCUT2D eigenvalue weighted by atomic mass is 16.5. The third-order valence-electron chi connectivity index (χ3n) is 5.00. The predicted octanol–water partition coefficient (Wildman–Crippen LogP) is 1.91. The molecule has 1 aliphatic rings. The summed E-state index contributed by atoms with van der Waals surface area (Å²) >= 11 is 0. The largest absolute Gasteiger partial charge is 0.493 e. The number of methoxy groups -OCH3 is 3. The molecule has 2 aromatic carbocycles. The Labute approximate surface area is 168 Å². The topological polar surface area (TPSA) is 90.9 Å². The van der Waals surface area contributed by atoms with Crippen LogP contribution in [-0.4, -0.2) is 39.1 Å². The van der Waals surface area contributed by atoms with Gasteiger partial charge in [-0.15, -0.1) is 0 Å². The van der Waals surface area contributed by atoms with Crippen LogP contribution >= 0.6 is 0 Å². The van der Waals surface area contributed by atoms with Gasteiger partial charge >= 0.3 is 0 Å². The Kier molecular flexibility index (Phi) is 5.87. The van der Waals surface area contributed by atoms with E-state index >= 15 is 0 Å². The maximum absolute atomic E-state index is 12.5. The predicted molar refractivity (Wildman–Crippen MR) is 108 cm³/mol. The molecule has 0 radical (unpaired) electrons. The van der Waals surface area contributed by atoms with Crippen LogP contribution in [0.2, 0.25) is 0 Å².